The number of aromatic nitrogens is 1. The molecular weight excluding hydrogens is 256 g/mol. The Balaban J connectivity index is 2.06. The average Bonchev–Trinajstić information content (AvgIpc) is 2.74. The summed E-state index contributed by atoms with van der Waals surface area (Å²) in [6, 6.07) is 7.49. The fourth-order valence-corrected chi connectivity index (χ4v) is 1.59. The summed E-state index contributed by atoms with van der Waals surface area (Å²) in [5.74, 6) is 0.791. The lowest BCUT2D eigenvalue weighted by Gasteiger charge is -2.07. The number of rotatable bonds is 3. The Kier molecular flexibility index (Phi) is 3.18. The van der Waals surface area contributed by atoms with Crippen LogP contribution in [0.5, 0.6) is 0 Å². The molecule has 2 aromatic heterocycles. The minimum atomic E-state index is -0.131. The number of hydrogen-bond acceptors (Lipinski definition) is 3. The zero-order chi connectivity index (χ0) is 10.7. The van der Waals surface area contributed by atoms with E-state index >= 15 is 0 Å². The summed E-state index contributed by atoms with van der Waals surface area (Å²) in [6.07, 6.45) is 4.08. The molecule has 2 heterocycles. The van der Waals surface area contributed by atoms with Crippen LogP contribution in [0, 0.1) is 0 Å². The van der Waals surface area contributed by atoms with Gasteiger partial charge in [0.2, 0.25) is 0 Å². The number of nitrogens with zero attached hydrogens (tertiary/aromatic N) is 1. The minimum Gasteiger partial charge on any atom is -0.468 e. The summed E-state index contributed by atoms with van der Waals surface area (Å²) in [7, 11) is 0. The summed E-state index contributed by atoms with van der Waals surface area (Å²) in [5.41, 5.74) is 6.92. The first kappa shape index (κ1) is 10.4. The lowest BCUT2D eigenvalue weighted by atomic mass is 10.1. The Labute approximate surface area is 96.4 Å². The second kappa shape index (κ2) is 4.59. The molecule has 0 fully saturated rings. The Morgan fingerprint density at radius 3 is 2.87 bits per heavy atom. The highest BCUT2D eigenvalue weighted by Gasteiger charge is 2.10. The second-order valence-corrected chi connectivity index (χ2v) is 4.21. The van der Waals surface area contributed by atoms with Gasteiger partial charge in [0.25, 0.3) is 0 Å². The van der Waals surface area contributed by atoms with E-state index in [1.807, 2.05) is 24.3 Å². The first-order valence-corrected chi connectivity index (χ1v) is 5.44. The molecule has 0 radical (unpaired) electrons. The van der Waals surface area contributed by atoms with Gasteiger partial charge in [0.15, 0.2) is 0 Å². The number of furan rings is 1. The van der Waals surface area contributed by atoms with E-state index in [0.717, 1.165) is 15.9 Å². The van der Waals surface area contributed by atoms with Gasteiger partial charge < -0.3 is 10.2 Å². The molecule has 0 spiro atoms. The van der Waals surface area contributed by atoms with Crippen LogP contribution in [0.25, 0.3) is 0 Å². The molecule has 0 saturated heterocycles. The van der Waals surface area contributed by atoms with E-state index in [1.54, 1.807) is 12.5 Å². The predicted molar refractivity (Wildman–Crippen MR) is 61.3 cm³/mol. The Hall–Kier alpha value is -1.13. The van der Waals surface area contributed by atoms with E-state index in [0.29, 0.717) is 6.42 Å². The van der Waals surface area contributed by atoms with E-state index in [4.69, 9.17) is 10.2 Å². The quantitative estimate of drug-likeness (QED) is 0.930. The van der Waals surface area contributed by atoms with Crippen LogP contribution in [0.1, 0.15) is 17.5 Å². The van der Waals surface area contributed by atoms with Crippen LogP contribution in [0.15, 0.2) is 45.6 Å². The molecule has 0 aliphatic carbocycles. The summed E-state index contributed by atoms with van der Waals surface area (Å²) in [4.78, 5) is 4.26. The Morgan fingerprint density at radius 1 is 1.40 bits per heavy atom. The molecule has 0 aliphatic rings. The van der Waals surface area contributed by atoms with Gasteiger partial charge in [-0.25, -0.2) is 0 Å². The van der Waals surface area contributed by atoms with Crippen LogP contribution in [0.2, 0.25) is 0 Å². The van der Waals surface area contributed by atoms with Crippen LogP contribution >= 0.6 is 15.9 Å². The molecule has 2 rings (SSSR count). The van der Waals surface area contributed by atoms with Gasteiger partial charge in [0.05, 0.1) is 12.3 Å². The first-order chi connectivity index (χ1) is 7.25. The van der Waals surface area contributed by atoms with E-state index in [9.17, 15) is 0 Å². The van der Waals surface area contributed by atoms with Crippen LogP contribution in [-0.2, 0) is 6.42 Å². The zero-order valence-corrected chi connectivity index (χ0v) is 9.65. The van der Waals surface area contributed by atoms with Gasteiger partial charge in [-0.05, 0) is 40.2 Å². The summed E-state index contributed by atoms with van der Waals surface area (Å²) >= 11 is 3.34. The maximum Gasteiger partial charge on any atom is 0.120 e. The summed E-state index contributed by atoms with van der Waals surface area (Å²) in [6.45, 7) is 0. The topological polar surface area (TPSA) is 52.0 Å². The molecule has 78 valence electrons. The highest BCUT2D eigenvalue weighted by Crippen LogP contribution is 2.16. The molecule has 0 aromatic carbocycles. The molecular formula is C11H11BrN2O. The zero-order valence-electron chi connectivity index (χ0n) is 8.06. The van der Waals surface area contributed by atoms with Crippen molar-refractivity contribution in [1.29, 1.82) is 0 Å². The van der Waals surface area contributed by atoms with E-state index in [-0.39, 0.29) is 6.04 Å². The molecule has 3 nitrogen and oxygen atoms in total. The van der Waals surface area contributed by atoms with Crippen molar-refractivity contribution in [3.8, 4) is 0 Å². The van der Waals surface area contributed by atoms with Crippen molar-refractivity contribution < 1.29 is 4.42 Å². The molecule has 4 heteroatoms. The molecule has 0 amide bonds. The van der Waals surface area contributed by atoms with Crippen molar-refractivity contribution in [1.82, 2.24) is 4.98 Å². The Bertz CT molecular complexity index is 411. The fraction of sp³-hybridized carbons (Fsp3) is 0.182. The van der Waals surface area contributed by atoms with Crippen molar-refractivity contribution in [2.75, 3.05) is 0 Å². The normalized spacial score (nSPS) is 12.7. The predicted octanol–water partition coefficient (Wildman–Crippen LogP) is 2.68. The van der Waals surface area contributed by atoms with Crippen molar-refractivity contribution >= 4 is 15.9 Å². The third-order valence-electron chi connectivity index (χ3n) is 2.13. The van der Waals surface area contributed by atoms with Crippen molar-refractivity contribution in [3.05, 3.63) is 52.7 Å². The number of nitrogens with two attached hydrogens (primary N) is 1. The van der Waals surface area contributed by atoms with Gasteiger partial charge in [0, 0.05) is 22.8 Å². The van der Waals surface area contributed by atoms with Crippen LogP contribution in [0.4, 0.5) is 0 Å². The smallest absolute Gasteiger partial charge is 0.120 e. The molecule has 2 aromatic rings. The van der Waals surface area contributed by atoms with E-state index in [2.05, 4.69) is 20.9 Å². The van der Waals surface area contributed by atoms with Gasteiger partial charge in [0.1, 0.15) is 5.76 Å². The molecule has 0 bridgehead atoms. The first-order valence-electron chi connectivity index (χ1n) is 4.65. The van der Waals surface area contributed by atoms with Crippen molar-refractivity contribution in [2.24, 2.45) is 5.73 Å². The maximum absolute atomic E-state index is 5.96. The standard InChI is InChI=1S/C11H11BrN2O/c12-8-3-4-9(14-7-8)6-10(13)11-2-1-5-15-11/h1-5,7,10H,6,13H2. The molecule has 0 saturated carbocycles. The lowest BCUT2D eigenvalue weighted by molar-refractivity contribution is 0.463. The van der Waals surface area contributed by atoms with Gasteiger partial charge in [-0.15, -0.1) is 0 Å². The monoisotopic (exact) mass is 266 g/mol. The van der Waals surface area contributed by atoms with Gasteiger partial charge in [-0.3, -0.25) is 4.98 Å². The fourth-order valence-electron chi connectivity index (χ4n) is 1.36. The number of halogens is 1. The van der Waals surface area contributed by atoms with Gasteiger partial charge in [-0.2, -0.15) is 0 Å². The third-order valence-corrected chi connectivity index (χ3v) is 2.60. The van der Waals surface area contributed by atoms with Crippen molar-refractivity contribution in [3.63, 3.8) is 0 Å². The van der Waals surface area contributed by atoms with Gasteiger partial charge in [-0.1, -0.05) is 0 Å². The third kappa shape index (κ3) is 2.67. The summed E-state index contributed by atoms with van der Waals surface area (Å²) < 4.78 is 6.20. The highest BCUT2D eigenvalue weighted by atomic mass is 79.9. The lowest BCUT2D eigenvalue weighted by Crippen LogP contribution is -2.13. The highest BCUT2D eigenvalue weighted by molar-refractivity contribution is 9.10. The molecule has 2 N–H and O–H groups in total. The largest absolute Gasteiger partial charge is 0.468 e. The van der Waals surface area contributed by atoms with Crippen LogP contribution in [-0.4, -0.2) is 4.98 Å². The molecule has 0 aliphatic heterocycles. The number of pyridine rings is 1. The van der Waals surface area contributed by atoms with Gasteiger partial charge >= 0.3 is 0 Å². The maximum atomic E-state index is 5.96. The SMILES string of the molecule is NC(Cc1ccc(Br)cn1)c1ccco1. The Morgan fingerprint density at radius 2 is 2.27 bits per heavy atom. The van der Waals surface area contributed by atoms with E-state index < -0.39 is 0 Å². The minimum absolute atomic E-state index is 0.131. The molecule has 1 unspecified atom stereocenters. The molecule has 1 atom stereocenters. The number of hydrogen-bond donors (Lipinski definition) is 1. The summed E-state index contributed by atoms with van der Waals surface area (Å²) in [5, 5.41) is 0. The molecule has 15 heavy (non-hydrogen) atoms. The van der Waals surface area contributed by atoms with Crippen molar-refractivity contribution in [2.45, 2.75) is 12.5 Å². The van der Waals surface area contributed by atoms with Crippen LogP contribution < -0.4 is 5.73 Å². The average molecular weight is 267 g/mol. The van der Waals surface area contributed by atoms with Crippen LogP contribution in [0.3, 0.4) is 0 Å². The second-order valence-electron chi connectivity index (χ2n) is 3.29. The van der Waals surface area contributed by atoms with E-state index in [1.165, 1.54) is 0 Å².